The number of nitrogens with zero attached hydrogens (tertiary/aromatic N) is 3. The summed E-state index contributed by atoms with van der Waals surface area (Å²) in [6.07, 6.45) is 1.80. The molecule has 6 heteroatoms. The van der Waals surface area contributed by atoms with E-state index in [0.717, 1.165) is 22.4 Å². The molecule has 2 N–H and O–H groups in total. The van der Waals surface area contributed by atoms with Crippen LogP contribution in [0.5, 0.6) is 0 Å². The standard InChI is InChI=1S/C30H25FN4O/c1-4-9-23-12-7-15-26(33-23)20-10-6-11-21(17-20)30(22-16-19(3)29(36)35(5-2)18-22)24-13-8-14-25(31)27(24)28(32)34-30/h6-8,10-18H,5H2,1-3H3,(H2,32,34)/t30-/m0/s1. The van der Waals surface area contributed by atoms with E-state index in [2.05, 4.69) is 16.8 Å². The van der Waals surface area contributed by atoms with Gasteiger partial charge in [0.15, 0.2) is 0 Å². The van der Waals surface area contributed by atoms with E-state index in [0.29, 0.717) is 23.4 Å². The van der Waals surface area contributed by atoms with Crippen molar-refractivity contribution >= 4 is 5.84 Å². The Morgan fingerprint density at radius 2 is 1.83 bits per heavy atom. The molecule has 2 aromatic carbocycles. The first kappa shape index (κ1) is 23.3. The summed E-state index contributed by atoms with van der Waals surface area (Å²) in [5.41, 5.74) is 10.5. The number of hydrogen-bond acceptors (Lipinski definition) is 4. The number of halogens is 1. The summed E-state index contributed by atoms with van der Waals surface area (Å²) in [7, 11) is 0. The Kier molecular flexibility index (Phi) is 5.77. The number of nitrogens with two attached hydrogens (primary N) is 1. The molecule has 5 rings (SSSR count). The highest BCUT2D eigenvalue weighted by Crippen LogP contribution is 2.47. The third-order valence-corrected chi connectivity index (χ3v) is 6.55. The summed E-state index contributed by atoms with van der Waals surface area (Å²) in [6, 6.07) is 20.3. The van der Waals surface area contributed by atoms with Crippen molar-refractivity contribution in [2.45, 2.75) is 32.9 Å². The topological polar surface area (TPSA) is 73.3 Å². The molecule has 2 aromatic heterocycles. The van der Waals surface area contributed by atoms with Crippen molar-refractivity contribution in [3.8, 4) is 23.1 Å². The van der Waals surface area contributed by atoms with Gasteiger partial charge in [0.1, 0.15) is 22.9 Å². The Morgan fingerprint density at radius 3 is 2.61 bits per heavy atom. The Bertz CT molecular complexity index is 1660. The van der Waals surface area contributed by atoms with Gasteiger partial charge < -0.3 is 10.3 Å². The summed E-state index contributed by atoms with van der Waals surface area (Å²) >= 11 is 0. The van der Waals surface area contributed by atoms with E-state index in [-0.39, 0.29) is 17.0 Å². The minimum absolute atomic E-state index is 0.0717. The predicted molar refractivity (Wildman–Crippen MR) is 140 cm³/mol. The molecule has 0 radical (unpaired) electrons. The van der Waals surface area contributed by atoms with Crippen molar-refractivity contribution in [3.05, 3.63) is 123 Å². The van der Waals surface area contributed by atoms with Crippen molar-refractivity contribution in [3.63, 3.8) is 0 Å². The van der Waals surface area contributed by atoms with Crippen LogP contribution in [-0.4, -0.2) is 15.4 Å². The Morgan fingerprint density at radius 1 is 1.06 bits per heavy atom. The van der Waals surface area contributed by atoms with E-state index in [4.69, 9.17) is 10.7 Å². The molecule has 0 saturated carbocycles. The maximum absolute atomic E-state index is 15.0. The zero-order valence-corrected chi connectivity index (χ0v) is 20.3. The van der Waals surface area contributed by atoms with Crippen LogP contribution in [0.25, 0.3) is 11.3 Å². The minimum Gasteiger partial charge on any atom is -0.383 e. The highest BCUT2D eigenvalue weighted by molar-refractivity contribution is 6.03. The van der Waals surface area contributed by atoms with Crippen LogP contribution in [0.2, 0.25) is 0 Å². The molecule has 0 fully saturated rings. The Hall–Kier alpha value is -4.50. The third kappa shape index (κ3) is 3.61. The van der Waals surface area contributed by atoms with Crippen LogP contribution in [-0.2, 0) is 12.1 Å². The Balaban J connectivity index is 1.82. The van der Waals surface area contributed by atoms with Crippen LogP contribution < -0.4 is 11.3 Å². The first-order valence-corrected chi connectivity index (χ1v) is 11.8. The summed E-state index contributed by atoms with van der Waals surface area (Å²) in [5.74, 6) is 5.57. The van der Waals surface area contributed by atoms with Crippen molar-refractivity contribution in [2.75, 3.05) is 0 Å². The highest BCUT2D eigenvalue weighted by Gasteiger charge is 2.44. The van der Waals surface area contributed by atoms with Gasteiger partial charge in [0, 0.05) is 35.0 Å². The maximum atomic E-state index is 15.0. The second-order valence-electron chi connectivity index (χ2n) is 8.74. The number of fused-ring (bicyclic) bond motifs is 1. The van der Waals surface area contributed by atoms with Gasteiger partial charge in [0.2, 0.25) is 0 Å². The normalized spacial score (nSPS) is 16.2. The number of aromatic nitrogens is 2. The van der Waals surface area contributed by atoms with Gasteiger partial charge in [-0.1, -0.05) is 42.3 Å². The molecule has 0 spiro atoms. The molecule has 1 atom stereocenters. The van der Waals surface area contributed by atoms with Gasteiger partial charge in [-0.05, 0) is 62.6 Å². The predicted octanol–water partition coefficient (Wildman–Crippen LogP) is 4.76. The summed E-state index contributed by atoms with van der Waals surface area (Å²) in [4.78, 5) is 22.3. The van der Waals surface area contributed by atoms with Crippen molar-refractivity contribution in [1.82, 2.24) is 9.55 Å². The van der Waals surface area contributed by atoms with E-state index in [1.165, 1.54) is 6.07 Å². The molecule has 1 aliphatic heterocycles. The molecule has 5 nitrogen and oxygen atoms in total. The van der Waals surface area contributed by atoms with Crippen molar-refractivity contribution in [2.24, 2.45) is 10.7 Å². The van der Waals surface area contributed by atoms with Crippen LogP contribution in [0.3, 0.4) is 0 Å². The third-order valence-electron chi connectivity index (χ3n) is 6.55. The molecule has 0 bridgehead atoms. The number of pyridine rings is 2. The molecular weight excluding hydrogens is 451 g/mol. The van der Waals surface area contributed by atoms with Crippen LogP contribution in [0, 0.1) is 24.6 Å². The number of aryl methyl sites for hydroxylation is 2. The number of rotatable bonds is 4. The van der Waals surface area contributed by atoms with E-state index in [9.17, 15) is 4.79 Å². The summed E-state index contributed by atoms with van der Waals surface area (Å²) < 4.78 is 16.7. The molecule has 3 heterocycles. The molecule has 36 heavy (non-hydrogen) atoms. The molecule has 4 aromatic rings. The fraction of sp³-hybridized carbons (Fsp3) is 0.167. The zero-order valence-electron chi connectivity index (χ0n) is 20.3. The fourth-order valence-electron chi connectivity index (χ4n) is 4.90. The van der Waals surface area contributed by atoms with E-state index >= 15 is 4.39 Å². The molecule has 1 aliphatic rings. The van der Waals surface area contributed by atoms with E-state index in [1.807, 2.05) is 61.5 Å². The molecule has 0 unspecified atom stereocenters. The first-order chi connectivity index (χ1) is 17.4. The molecular formula is C30H25FN4O. The van der Waals surface area contributed by atoms with E-state index < -0.39 is 11.4 Å². The molecule has 0 saturated heterocycles. The lowest BCUT2D eigenvalue weighted by molar-refractivity contribution is 0.610. The van der Waals surface area contributed by atoms with Crippen molar-refractivity contribution in [1.29, 1.82) is 0 Å². The maximum Gasteiger partial charge on any atom is 0.253 e. The highest BCUT2D eigenvalue weighted by atomic mass is 19.1. The number of hydrogen-bond donors (Lipinski definition) is 1. The van der Waals surface area contributed by atoms with Crippen molar-refractivity contribution < 1.29 is 4.39 Å². The smallest absolute Gasteiger partial charge is 0.253 e. The first-order valence-electron chi connectivity index (χ1n) is 11.8. The Labute approximate surface area is 209 Å². The van der Waals surface area contributed by atoms with Gasteiger partial charge in [0.05, 0.1) is 11.3 Å². The van der Waals surface area contributed by atoms with Gasteiger partial charge in [-0.15, -0.1) is 0 Å². The summed E-state index contributed by atoms with van der Waals surface area (Å²) in [5, 5.41) is 0. The second kappa shape index (κ2) is 8.94. The number of aliphatic imine (C=N–C) groups is 1. The molecule has 0 aliphatic carbocycles. The van der Waals surface area contributed by atoms with Crippen LogP contribution in [0.15, 0.2) is 82.7 Å². The summed E-state index contributed by atoms with van der Waals surface area (Å²) in [6.45, 7) is 5.96. The SMILES string of the molecule is CC#Cc1cccc(-c2cccc([C@@]3(c4cc(C)c(=O)n(CC)c4)N=C(N)c4c(F)cccc43)c2)n1. The fourth-order valence-corrected chi connectivity index (χ4v) is 4.90. The lowest BCUT2D eigenvalue weighted by atomic mass is 9.77. The van der Waals surface area contributed by atoms with Crippen LogP contribution in [0.4, 0.5) is 4.39 Å². The van der Waals surface area contributed by atoms with Crippen LogP contribution in [0.1, 0.15) is 47.4 Å². The molecule has 178 valence electrons. The largest absolute Gasteiger partial charge is 0.383 e. The second-order valence-corrected chi connectivity index (χ2v) is 8.74. The molecule has 0 amide bonds. The van der Waals surface area contributed by atoms with Crippen LogP contribution >= 0.6 is 0 Å². The van der Waals surface area contributed by atoms with Gasteiger partial charge in [-0.25, -0.2) is 14.4 Å². The average molecular weight is 477 g/mol. The van der Waals surface area contributed by atoms with Gasteiger partial charge in [0.25, 0.3) is 5.56 Å². The lowest BCUT2D eigenvalue weighted by Gasteiger charge is -2.30. The van der Waals surface area contributed by atoms with Gasteiger partial charge >= 0.3 is 0 Å². The van der Waals surface area contributed by atoms with Gasteiger partial charge in [-0.2, -0.15) is 0 Å². The van der Waals surface area contributed by atoms with E-state index in [1.54, 1.807) is 30.7 Å². The quantitative estimate of drug-likeness (QED) is 0.432. The zero-order chi connectivity index (χ0) is 25.4. The lowest BCUT2D eigenvalue weighted by Crippen LogP contribution is -2.30. The monoisotopic (exact) mass is 476 g/mol. The minimum atomic E-state index is -1.13. The number of amidine groups is 1. The number of benzene rings is 2. The van der Waals surface area contributed by atoms with Gasteiger partial charge in [-0.3, -0.25) is 4.79 Å². The average Bonchev–Trinajstić information content (AvgIpc) is 3.20.